The van der Waals surface area contributed by atoms with Gasteiger partial charge in [-0.2, -0.15) is 0 Å². The van der Waals surface area contributed by atoms with E-state index in [9.17, 15) is 0 Å². The Morgan fingerprint density at radius 3 is 2.52 bits per heavy atom. The fourth-order valence-corrected chi connectivity index (χ4v) is 4.49. The van der Waals surface area contributed by atoms with E-state index in [0.29, 0.717) is 0 Å². The van der Waals surface area contributed by atoms with Gasteiger partial charge in [0.15, 0.2) is 0 Å². The second-order valence-electron chi connectivity index (χ2n) is 6.57. The number of aromatic nitrogens is 1. The van der Waals surface area contributed by atoms with Gasteiger partial charge in [0.2, 0.25) is 0 Å². The highest BCUT2D eigenvalue weighted by molar-refractivity contribution is 8.93. The van der Waals surface area contributed by atoms with E-state index in [1.165, 1.54) is 27.1 Å². The molecule has 0 saturated heterocycles. The summed E-state index contributed by atoms with van der Waals surface area (Å²) in [5.74, 6) is 1.76. The van der Waals surface area contributed by atoms with Crippen molar-refractivity contribution < 1.29 is 4.74 Å². The second-order valence-corrected chi connectivity index (χ2v) is 7.65. The van der Waals surface area contributed by atoms with E-state index < -0.39 is 0 Å². The van der Waals surface area contributed by atoms with Crippen LogP contribution in [0.15, 0.2) is 72.8 Å². The van der Waals surface area contributed by atoms with Gasteiger partial charge in [0.05, 0.1) is 5.69 Å². The summed E-state index contributed by atoms with van der Waals surface area (Å²) in [6, 6.07) is 24.9. The predicted molar refractivity (Wildman–Crippen MR) is 117 cm³/mol. The van der Waals surface area contributed by atoms with E-state index >= 15 is 0 Å². The fourth-order valence-electron chi connectivity index (χ4n) is 3.38. The summed E-state index contributed by atoms with van der Waals surface area (Å²) in [5.41, 5.74) is 6.04. The molecule has 0 spiro atoms. The molecule has 2 nitrogen and oxygen atoms in total. The Bertz CT molecular complexity index is 1100. The molecule has 0 N–H and O–H groups in total. The number of aryl methyl sites for hydroxylation is 1. The summed E-state index contributed by atoms with van der Waals surface area (Å²) in [6.07, 6.45) is 0.931. The second kappa shape index (κ2) is 7.29. The number of ether oxygens (including phenoxy) is 1. The first kappa shape index (κ1) is 18.0. The van der Waals surface area contributed by atoms with Crippen molar-refractivity contribution >= 4 is 28.3 Å². The number of rotatable bonds is 3. The molecular formula is C23H18BrNOS. The number of halogens is 1. The Labute approximate surface area is 173 Å². The topological polar surface area (TPSA) is 22.1 Å². The Hall–Kier alpha value is -2.43. The summed E-state index contributed by atoms with van der Waals surface area (Å²) >= 11 is 1.79. The van der Waals surface area contributed by atoms with Crippen LogP contribution in [0.3, 0.4) is 0 Å². The molecule has 1 heterocycles. The van der Waals surface area contributed by atoms with Crippen LogP contribution in [0.25, 0.3) is 21.8 Å². The number of hydrogen-bond donors (Lipinski definition) is 0. The van der Waals surface area contributed by atoms with Gasteiger partial charge in [0.1, 0.15) is 16.5 Å². The van der Waals surface area contributed by atoms with Gasteiger partial charge in [0.25, 0.3) is 0 Å². The number of thiazole rings is 1. The molecule has 134 valence electrons. The van der Waals surface area contributed by atoms with E-state index in [1.807, 2.05) is 24.3 Å². The molecule has 27 heavy (non-hydrogen) atoms. The third kappa shape index (κ3) is 3.43. The summed E-state index contributed by atoms with van der Waals surface area (Å²) in [6.45, 7) is 2.07. The van der Waals surface area contributed by atoms with Crippen LogP contribution < -0.4 is 4.74 Å². The lowest BCUT2D eigenvalue weighted by atomic mass is 10.1. The maximum atomic E-state index is 6.04. The number of benzene rings is 3. The minimum absolute atomic E-state index is 0. The summed E-state index contributed by atoms with van der Waals surface area (Å²) in [7, 11) is 0. The highest BCUT2D eigenvalue weighted by Crippen LogP contribution is 2.43. The lowest BCUT2D eigenvalue weighted by molar-refractivity contribution is 0.482. The zero-order valence-electron chi connectivity index (χ0n) is 14.8. The van der Waals surface area contributed by atoms with Crippen molar-refractivity contribution in [2.45, 2.75) is 13.3 Å². The first-order chi connectivity index (χ1) is 12.8. The number of fused-ring (bicyclic) bond motifs is 3. The summed E-state index contributed by atoms with van der Waals surface area (Å²) in [4.78, 5) is 6.24. The number of nitrogens with zero attached hydrogens (tertiary/aromatic N) is 1. The minimum atomic E-state index is 0. The Kier molecular flexibility index (Phi) is 4.85. The molecule has 4 aromatic rings. The molecule has 0 aliphatic heterocycles. The average molecular weight is 436 g/mol. The third-order valence-electron chi connectivity index (χ3n) is 4.63. The highest BCUT2D eigenvalue weighted by Gasteiger charge is 2.24. The molecule has 0 atom stereocenters. The van der Waals surface area contributed by atoms with E-state index in [-0.39, 0.29) is 17.0 Å². The smallest absolute Gasteiger partial charge is 0.127 e. The maximum Gasteiger partial charge on any atom is 0.127 e. The Morgan fingerprint density at radius 1 is 0.889 bits per heavy atom. The molecule has 3 aromatic carbocycles. The van der Waals surface area contributed by atoms with E-state index in [4.69, 9.17) is 9.72 Å². The van der Waals surface area contributed by atoms with Gasteiger partial charge in [-0.15, -0.1) is 28.3 Å². The van der Waals surface area contributed by atoms with Crippen LogP contribution >= 0.6 is 28.3 Å². The van der Waals surface area contributed by atoms with Gasteiger partial charge in [-0.3, -0.25) is 0 Å². The van der Waals surface area contributed by atoms with Crippen LogP contribution in [-0.4, -0.2) is 4.98 Å². The normalized spacial score (nSPS) is 11.4. The summed E-state index contributed by atoms with van der Waals surface area (Å²) in [5, 5.41) is 1.10. The average Bonchev–Trinajstić information content (AvgIpc) is 3.20. The van der Waals surface area contributed by atoms with Crippen molar-refractivity contribution in [1.29, 1.82) is 0 Å². The molecule has 0 fully saturated rings. The predicted octanol–water partition coefficient (Wildman–Crippen LogP) is 7.06. The molecule has 1 aliphatic carbocycles. The highest BCUT2D eigenvalue weighted by atomic mass is 79.9. The van der Waals surface area contributed by atoms with Crippen molar-refractivity contribution in [2.75, 3.05) is 0 Å². The molecule has 0 saturated carbocycles. The van der Waals surface area contributed by atoms with Gasteiger partial charge in [-0.05, 0) is 48.4 Å². The monoisotopic (exact) mass is 435 g/mol. The van der Waals surface area contributed by atoms with Crippen LogP contribution in [0, 0.1) is 6.92 Å². The van der Waals surface area contributed by atoms with Gasteiger partial charge in [-0.1, -0.05) is 42.5 Å². The van der Waals surface area contributed by atoms with Gasteiger partial charge < -0.3 is 4.74 Å². The van der Waals surface area contributed by atoms with Crippen LogP contribution in [0.4, 0.5) is 0 Å². The van der Waals surface area contributed by atoms with E-state index in [0.717, 1.165) is 28.6 Å². The van der Waals surface area contributed by atoms with Crippen molar-refractivity contribution in [3.05, 3.63) is 88.8 Å². The van der Waals surface area contributed by atoms with Crippen LogP contribution in [-0.2, 0) is 6.42 Å². The van der Waals surface area contributed by atoms with Crippen LogP contribution in [0.5, 0.6) is 11.5 Å². The first-order valence-electron chi connectivity index (χ1n) is 8.69. The molecule has 1 aromatic heterocycles. The fraction of sp³-hybridized carbons (Fsp3) is 0.0870. The molecule has 0 radical (unpaired) electrons. The Balaban J connectivity index is 0.00000180. The SMILES string of the molecule is Br.Cc1cccc(Oc2ccc3c(c2)Cc2sc(-c4ccccc4)nc2-3)c1. The van der Waals surface area contributed by atoms with Crippen molar-refractivity contribution in [2.24, 2.45) is 0 Å². The largest absolute Gasteiger partial charge is 0.457 e. The Morgan fingerprint density at radius 2 is 1.70 bits per heavy atom. The van der Waals surface area contributed by atoms with Crippen LogP contribution in [0.1, 0.15) is 16.0 Å². The molecule has 4 heteroatoms. The zero-order valence-corrected chi connectivity index (χ0v) is 17.3. The van der Waals surface area contributed by atoms with Gasteiger partial charge in [-0.25, -0.2) is 4.98 Å². The molecule has 0 unspecified atom stereocenters. The van der Waals surface area contributed by atoms with Crippen LogP contribution in [0.2, 0.25) is 0 Å². The van der Waals surface area contributed by atoms with Gasteiger partial charge in [0, 0.05) is 22.4 Å². The standard InChI is InChI=1S/C23H17NOS.BrH/c1-15-6-5-9-18(12-15)25-19-10-11-20-17(13-19)14-21-22(20)24-23(26-21)16-7-3-2-4-8-16;/h2-13H,14H2,1H3;1H. The zero-order chi connectivity index (χ0) is 17.5. The summed E-state index contributed by atoms with van der Waals surface area (Å²) < 4.78 is 6.04. The molecule has 1 aliphatic rings. The third-order valence-corrected chi connectivity index (χ3v) is 5.73. The van der Waals surface area contributed by atoms with E-state index in [1.54, 1.807) is 11.3 Å². The molecule has 0 bridgehead atoms. The first-order valence-corrected chi connectivity index (χ1v) is 9.51. The quantitative estimate of drug-likeness (QED) is 0.302. The van der Waals surface area contributed by atoms with Crippen molar-refractivity contribution in [1.82, 2.24) is 4.98 Å². The lowest BCUT2D eigenvalue weighted by Gasteiger charge is -2.08. The van der Waals surface area contributed by atoms with Crippen molar-refractivity contribution in [3.8, 4) is 33.3 Å². The molecule has 5 rings (SSSR count). The number of hydrogen-bond acceptors (Lipinski definition) is 3. The van der Waals surface area contributed by atoms with Gasteiger partial charge >= 0.3 is 0 Å². The van der Waals surface area contributed by atoms with E-state index in [2.05, 4.69) is 55.5 Å². The minimum Gasteiger partial charge on any atom is -0.457 e. The maximum absolute atomic E-state index is 6.04. The molecular weight excluding hydrogens is 418 g/mol. The lowest BCUT2D eigenvalue weighted by Crippen LogP contribution is -1.88. The molecule has 0 amide bonds. The van der Waals surface area contributed by atoms with Crippen molar-refractivity contribution in [3.63, 3.8) is 0 Å².